The molecular weight excluding hydrogens is 256 g/mol. The highest BCUT2D eigenvalue weighted by molar-refractivity contribution is 5.92. The molecule has 0 aliphatic heterocycles. The van der Waals surface area contributed by atoms with Crippen molar-refractivity contribution in [3.63, 3.8) is 0 Å². The van der Waals surface area contributed by atoms with Crippen LogP contribution < -0.4 is 27.3 Å². The van der Waals surface area contributed by atoms with Crippen LogP contribution in [0.1, 0.15) is 30.6 Å². The average molecular weight is 273 g/mol. The van der Waals surface area contributed by atoms with Gasteiger partial charge in [-0.15, -0.1) is 0 Å². The largest absolute Gasteiger partial charge is 1.00 e. The van der Waals surface area contributed by atoms with Crippen molar-refractivity contribution in [1.82, 2.24) is 0 Å². The Morgan fingerprint density at radius 3 is 2.73 bits per heavy atom. The van der Waals surface area contributed by atoms with Crippen LogP contribution in [-0.2, 0) is 6.54 Å². The molecule has 84 valence electrons. The molecule has 1 heterocycles. The number of primary amides is 1. The Morgan fingerprint density at radius 2 is 2.20 bits per heavy atom. The lowest BCUT2D eigenvalue weighted by atomic mass is 10.1. The van der Waals surface area contributed by atoms with E-state index in [1.54, 1.807) is 12.3 Å². The number of carbonyl (C=O) groups is 1. The van der Waals surface area contributed by atoms with Crippen molar-refractivity contribution in [2.24, 2.45) is 11.7 Å². The van der Waals surface area contributed by atoms with Gasteiger partial charge in [-0.25, -0.2) is 4.57 Å². The molecule has 4 heteroatoms. The average Bonchev–Trinajstić information content (AvgIpc) is 2.15. The molecule has 0 spiro atoms. The molecule has 1 rings (SSSR count). The van der Waals surface area contributed by atoms with Crippen molar-refractivity contribution in [3.8, 4) is 0 Å². The lowest BCUT2D eigenvalue weighted by Crippen LogP contribution is -3.00. The van der Waals surface area contributed by atoms with Crippen LogP contribution in [0.3, 0.4) is 0 Å². The fourth-order valence-corrected chi connectivity index (χ4v) is 1.21. The summed E-state index contributed by atoms with van der Waals surface area (Å²) in [6, 6.07) is 3.58. The number of rotatable bonds is 4. The van der Waals surface area contributed by atoms with Crippen molar-refractivity contribution in [1.29, 1.82) is 0 Å². The third kappa shape index (κ3) is 4.93. The molecule has 0 saturated heterocycles. The Morgan fingerprint density at radius 1 is 1.53 bits per heavy atom. The van der Waals surface area contributed by atoms with Crippen molar-refractivity contribution in [2.75, 3.05) is 0 Å². The van der Waals surface area contributed by atoms with Gasteiger partial charge in [0.1, 0.15) is 12.1 Å². The molecule has 0 aliphatic carbocycles. The van der Waals surface area contributed by atoms with Gasteiger partial charge in [-0.2, -0.15) is 0 Å². The summed E-state index contributed by atoms with van der Waals surface area (Å²) < 4.78 is 2.00. The molecule has 0 aromatic carbocycles. The summed E-state index contributed by atoms with van der Waals surface area (Å²) in [5.74, 6) is 0.295. The SMILES string of the molecule is CC(C)CC[n+]1cccc(C(N)=O)c1.[Br-]. The van der Waals surface area contributed by atoms with Crippen LogP contribution in [0.25, 0.3) is 0 Å². The maximum absolute atomic E-state index is 10.9. The fraction of sp³-hybridized carbons (Fsp3) is 0.455. The third-order valence-corrected chi connectivity index (χ3v) is 2.11. The van der Waals surface area contributed by atoms with Crippen molar-refractivity contribution >= 4 is 5.91 Å². The monoisotopic (exact) mass is 272 g/mol. The van der Waals surface area contributed by atoms with E-state index in [1.807, 2.05) is 16.8 Å². The number of nitrogens with zero attached hydrogens (tertiary/aromatic N) is 1. The van der Waals surface area contributed by atoms with E-state index in [9.17, 15) is 4.79 Å². The number of carbonyl (C=O) groups excluding carboxylic acids is 1. The van der Waals surface area contributed by atoms with Crippen LogP contribution in [-0.4, -0.2) is 5.91 Å². The van der Waals surface area contributed by atoms with Gasteiger partial charge in [0.05, 0.1) is 0 Å². The molecule has 0 saturated carbocycles. The number of aryl methyl sites for hydroxylation is 1. The second kappa shape index (κ2) is 6.56. The molecule has 3 nitrogen and oxygen atoms in total. The van der Waals surface area contributed by atoms with Crippen LogP contribution in [0, 0.1) is 5.92 Å². The minimum absolute atomic E-state index is 0. The van der Waals surface area contributed by atoms with Gasteiger partial charge in [0.25, 0.3) is 5.91 Å². The zero-order valence-electron chi connectivity index (χ0n) is 9.11. The third-order valence-electron chi connectivity index (χ3n) is 2.11. The maximum atomic E-state index is 10.9. The normalized spacial score (nSPS) is 9.80. The van der Waals surface area contributed by atoms with Crippen LogP contribution in [0.5, 0.6) is 0 Å². The summed E-state index contributed by atoms with van der Waals surface area (Å²) in [6.45, 7) is 5.29. The first-order valence-corrected chi connectivity index (χ1v) is 4.88. The molecule has 0 bridgehead atoms. The van der Waals surface area contributed by atoms with Gasteiger partial charge >= 0.3 is 0 Å². The van der Waals surface area contributed by atoms with Crippen LogP contribution in [0.4, 0.5) is 0 Å². The Hall–Kier alpha value is -0.900. The first-order chi connectivity index (χ1) is 6.59. The van der Waals surface area contributed by atoms with Gasteiger partial charge in [0.2, 0.25) is 0 Å². The number of hydrogen-bond donors (Lipinski definition) is 1. The first kappa shape index (κ1) is 14.1. The molecule has 0 radical (unpaired) electrons. The molecule has 0 fully saturated rings. The van der Waals surface area contributed by atoms with Gasteiger partial charge < -0.3 is 22.7 Å². The van der Waals surface area contributed by atoms with E-state index in [-0.39, 0.29) is 22.9 Å². The van der Waals surface area contributed by atoms with Gasteiger partial charge in [0, 0.05) is 12.5 Å². The standard InChI is InChI=1S/C11H16N2O.BrH/c1-9(2)5-7-13-6-3-4-10(8-13)11(12)14;/h3-4,6,8-9H,5,7H2,1-2H3,(H-,12,14);1H. The van der Waals surface area contributed by atoms with Crippen LogP contribution in [0.2, 0.25) is 0 Å². The molecular formula is C11H17BrN2O. The smallest absolute Gasteiger partial charge is 0.254 e. The van der Waals surface area contributed by atoms with Gasteiger partial charge in [-0.1, -0.05) is 13.8 Å². The predicted molar refractivity (Wildman–Crippen MR) is 54.6 cm³/mol. The summed E-state index contributed by atoms with van der Waals surface area (Å²) in [5, 5.41) is 0. The summed E-state index contributed by atoms with van der Waals surface area (Å²) in [5.41, 5.74) is 5.75. The number of aromatic nitrogens is 1. The van der Waals surface area contributed by atoms with E-state index < -0.39 is 0 Å². The second-order valence-electron chi connectivity index (χ2n) is 3.88. The molecule has 1 aromatic rings. The topological polar surface area (TPSA) is 47.0 Å². The number of pyridine rings is 1. The van der Waals surface area contributed by atoms with Crippen molar-refractivity contribution in [3.05, 3.63) is 30.1 Å². The van der Waals surface area contributed by atoms with E-state index in [4.69, 9.17) is 5.73 Å². The Kier molecular flexibility index (Phi) is 6.17. The first-order valence-electron chi connectivity index (χ1n) is 4.88. The number of amides is 1. The molecule has 0 atom stereocenters. The van der Waals surface area contributed by atoms with Gasteiger partial charge in [0.15, 0.2) is 12.4 Å². The number of halogens is 1. The molecule has 15 heavy (non-hydrogen) atoms. The number of hydrogen-bond acceptors (Lipinski definition) is 1. The molecule has 2 N–H and O–H groups in total. The molecule has 1 amide bonds. The minimum atomic E-state index is -0.371. The van der Waals surface area contributed by atoms with Crippen molar-refractivity contribution in [2.45, 2.75) is 26.8 Å². The highest BCUT2D eigenvalue weighted by Gasteiger charge is 2.07. The number of nitrogens with two attached hydrogens (primary N) is 1. The summed E-state index contributed by atoms with van der Waals surface area (Å²) in [4.78, 5) is 10.9. The van der Waals surface area contributed by atoms with Gasteiger partial charge in [-0.3, -0.25) is 4.79 Å². The van der Waals surface area contributed by atoms with E-state index in [0.717, 1.165) is 13.0 Å². The van der Waals surface area contributed by atoms with E-state index in [0.29, 0.717) is 11.5 Å². The molecule has 1 aromatic heterocycles. The highest BCUT2D eigenvalue weighted by atomic mass is 79.9. The summed E-state index contributed by atoms with van der Waals surface area (Å²) in [6.07, 6.45) is 4.85. The van der Waals surface area contributed by atoms with Crippen LogP contribution in [0.15, 0.2) is 24.5 Å². The minimum Gasteiger partial charge on any atom is -1.00 e. The van der Waals surface area contributed by atoms with E-state index in [2.05, 4.69) is 13.8 Å². The quantitative estimate of drug-likeness (QED) is 0.642. The zero-order chi connectivity index (χ0) is 10.6. The van der Waals surface area contributed by atoms with E-state index >= 15 is 0 Å². The second-order valence-corrected chi connectivity index (χ2v) is 3.88. The summed E-state index contributed by atoms with van der Waals surface area (Å²) in [7, 11) is 0. The predicted octanol–water partition coefficient (Wildman–Crippen LogP) is -1.88. The Labute approximate surface area is 101 Å². The van der Waals surface area contributed by atoms with Crippen molar-refractivity contribution < 1.29 is 26.3 Å². The lowest BCUT2D eigenvalue weighted by molar-refractivity contribution is -0.698. The van der Waals surface area contributed by atoms with Gasteiger partial charge in [-0.05, 0) is 12.0 Å². The Balaban J connectivity index is 0.00000196. The lowest BCUT2D eigenvalue weighted by Gasteiger charge is -2.01. The molecule has 0 unspecified atom stereocenters. The summed E-state index contributed by atoms with van der Waals surface area (Å²) >= 11 is 0. The molecule has 0 aliphatic rings. The zero-order valence-corrected chi connectivity index (χ0v) is 10.7. The van der Waals surface area contributed by atoms with Crippen LogP contribution >= 0.6 is 0 Å². The highest BCUT2D eigenvalue weighted by Crippen LogP contribution is 1.99. The maximum Gasteiger partial charge on any atom is 0.254 e. The van der Waals surface area contributed by atoms with E-state index in [1.165, 1.54) is 0 Å². The fourth-order valence-electron chi connectivity index (χ4n) is 1.21. The Bertz CT molecular complexity index is 326.